The van der Waals surface area contributed by atoms with Crippen LogP contribution in [0.2, 0.25) is 5.02 Å². The molecule has 0 aliphatic carbocycles. The van der Waals surface area contributed by atoms with E-state index in [0.717, 1.165) is 21.7 Å². The number of nitrogens with zero attached hydrogens (tertiary/aromatic N) is 2. The molecule has 0 heterocycles. The van der Waals surface area contributed by atoms with Crippen LogP contribution in [0.4, 0.5) is 5.69 Å². The zero-order valence-corrected chi connectivity index (χ0v) is 20.4. The van der Waals surface area contributed by atoms with Crippen LogP contribution in [0.5, 0.6) is 0 Å². The monoisotopic (exact) mass is 479 g/mol. The van der Waals surface area contributed by atoms with Crippen LogP contribution in [0.15, 0.2) is 48.5 Å². The number of amides is 2. The van der Waals surface area contributed by atoms with Gasteiger partial charge in [0.2, 0.25) is 21.8 Å². The molecule has 0 aliphatic rings. The van der Waals surface area contributed by atoms with Gasteiger partial charge in [0.1, 0.15) is 12.6 Å². The largest absolute Gasteiger partial charge is 0.355 e. The van der Waals surface area contributed by atoms with Crippen molar-refractivity contribution in [3.63, 3.8) is 0 Å². The molecule has 0 fully saturated rings. The molecule has 2 amide bonds. The van der Waals surface area contributed by atoms with Crippen molar-refractivity contribution in [1.29, 1.82) is 0 Å². The highest BCUT2D eigenvalue weighted by atomic mass is 35.5. The first-order valence-electron chi connectivity index (χ1n) is 10.4. The van der Waals surface area contributed by atoms with Crippen molar-refractivity contribution in [2.45, 2.75) is 39.8 Å². The van der Waals surface area contributed by atoms with Crippen LogP contribution in [-0.2, 0) is 26.2 Å². The molecule has 0 spiro atoms. The normalized spacial score (nSPS) is 12.2. The van der Waals surface area contributed by atoms with Gasteiger partial charge in [-0.2, -0.15) is 0 Å². The highest BCUT2D eigenvalue weighted by molar-refractivity contribution is 7.92. The first kappa shape index (κ1) is 25.7. The molecule has 1 atom stereocenters. The summed E-state index contributed by atoms with van der Waals surface area (Å²) in [4.78, 5) is 27.6. The second-order valence-corrected chi connectivity index (χ2v) is 9.86. The minimum Gasteiger partial charge on any atom is -0.355 e. The van der Waals surface area contributed by atoms with Gasteiger partial charge in [-0.3, -0.25) is 13.9 Å². The number of benzene rings is 2. The SMILES string of the molecule is CCNC(=O)C(CC)N(Cc1cccc(C)c1)C(=O)CN(c1ccccc1Cl)S(C)(=O)=O. The average molecular weight is 480 g/mol. The molecular formula is C23H30ClN3O4S. The van der Waals surface area contributed by atoms with Crippen molar-refractivity contribution >= 4 is 39.1 Å². The number of nitrogens with one attached hydrogen (secondary N) is 1. The topological polar surface area (TPSA) is 86.8 Å². The fourth-order valence-corrected chi connectivity index (χ4v) is 4.62. The van der Waals surface area contributed by atoms with Gasteiger partial charge < -0.3 is 10.2 Å². The molecule has 32 heavy (non-hydrogen) atoms. The summed E-state index contributed by atoms with van der Waals surface area (Å²) in [5, 5.41) is 2.98. The Morgan fingerprint density at radius 2 is 1.78 bits per heavy atom. The molecule has 2 rings (SSSR count). The fraction of sp³-hybridized carbons (Fsp3) is 0.391. The van der Waals surface area contributed by atoms with Crippen LogP contribution in [-0.4, -0.2) is 50.5 Å². The Balaban J connectivity index is 2.45. The lowest BCUT2D eigenvalue weighted by molar-refractivity contribution is -0.140. The van der Waals surface area contributed by atoms with Gasteiger partial charge >= 0.3 is 0 Å². The van der Waals surface area contributed by atoms with Crippen LogP contribution in [0.3, 0.4) is 0 Å². The van der Waals surface area contributed by atoms with E-state index in [1.165, 1.54) is 4.90 Å². The van der Waals surface area contributed by atoms with Crippen molar-refractivity contribution < 1.29 is 18.0 Å². The van der Waals surface area contributed by atoms with Gasteiger partial charge in [0, 0.05) is 13.1 Å². The van der Waals surface area contributed by atoms with E-state index in [4.69, 9.17) is 11.6 Å². The molecule has 0 aromatic heterocycles. The first-order chi connectivity index (χ1) is 15.1. The Bertz CT molecular complexity index is 1060. The van der Waals surface area contributed by atoms with E-state index in [1.807, 2.05) is 38.1 Å². The Morgan fingerprint density at radius 3 is 2.34 bits per heavy atom. The van der Waals surface area contributed by atoms with Crippen molar-refractivity contribution in [3.8, 4) is 0 Å². The predicted octanol–water partition coefficient (Wildman–Crippen LogP) is 3.36. The Kier molecular flexibility index (Phi) is 9.09. The van der Waals surface area contributed by atoms with Gasteiger partial charge in [0.05, 0.1) is 17.0 Å². The first-order valence-corrected chi connectivity index (χ1v) is 12.7. The average Bonchev–Trinajstić information content (AvgIpc) is 2.72. The summed E-state index contributed by atoms with van der Waals surface area (Å²) < 4.78 is 26.1. The summed E-state index contributed by atoms with van der Waals surface area (Å²) in [6, 6.07) is 13.3. The van der Waals surface area contributed by atoms with Crippen LogP contribution >= 0.6 is 11.6 Å². The van der Waals surface area contributed by atoms with Crippen LogP contribution < -0.4 is 9.62 Å². The number of rotatable bonds is 10. The van der Waals surface area contributed by atoms with Gasteiger partial charge in [0.25, 0.3) is 0 Å². The zero-order valence-electron chi connectivity index (χ0n) is 18.8. The van der Waals surface area contributed by atoms with E-state index < -0.39 is 28.5 Å². The van der Waals surface area contributed by atoms with Crippen LogP contribution in [0.25, 0.3) is 0 Å². The minimum atomic E-state index is -3.81. The summed E-state index contributed by atoms with van der Waals surface area (Å²) >= 11 is 6.22. The minimum absolute atomic E-state index is 0.177. The third-order valence-electron chi connectivity index (χ3n) is 4.97. The lowest BCUT2D eigenvalue weighted by Gasteiger charge is -2.33. The Labute approximate surface area is 195 Å². The molecule has 0 bridgehead atoms. The highest BCUT2D eigenvalue weighted by Crippen LogP contribution is 2.27. The van der Waals surface area contributed by atoms with Gasteiger partial charge in [-0.1, -0.05) is 60.5 Å². The number of aryl methyl sites for hydroxylation is 1. The summed E-state index contributed by atoms with van der Waals surface area (Å²) in [7, 11) is -3.81. The molecule has 2 aromatic carbocycles. The standard InChI is InChI=1S/C23H30ClN3O4S/c1-5-20(23(29)25-6-2)26(15-18-11-9-10-17(3)14-18)22(28)16-27(32(4,30)31)21-13-8-7-12-19(21)24/h7-14,20H,5-6,15-16H2,1-4H3,(H,25,29). The molecule has 9 heteroatoms. The van der Waals surface area contributed by atoms with Crippen molar-refractivity contribution in [2.75, 3.05) is 23.7 Å². The second kappa shape index (κ2) is 11.3. The number of hydrogen-bond donors (Lipinski definition) is 1. The number of anilines is 1. The van der Waals surface area contributed by atoms with Gasteiger partial charge in [-0.25, -0.2) is 8.42 Å². The number of halogens is 1. The highest BCUT2D eigenvalue weighted by Gasteiger charge is 2.32. The van der Waals surface area contributed by atoms with E-state index in [2.05, 4.69) is 5.32 Å². The maximum absolute atomic E-state index is 13.5. The number of carbonyl (C=O) groups excluding carboxylic acids is 2. The van der Waals surface area contributed by atoms with E-state index in [9.17, 15) is 18.0 Å². The van der Waals surface area contributed by atoms with E-state index in [-0.39, 0.29) is 23.2 Å². The summed E-state index contributed by atoms with van der Waals surface area (Å²) in [6.07, 6.45) is 1.41. The number of carbonyl (C=O) groups is 2. The zero-order chi connectivity index (χ0) is 23.9. The van der Waals surface area contributed by atoms with Crippen molar-refractivity contribution in [1.82, 2.24) is 10.2 Å². The number of para-hydroxylation sites is 1. The third kappa shape index (κ3) is 6.71. The van der Waals surface area contributed by atoms with E-state index in [1.54, 1.807) is 31.2 Å². The van der Waals surface area contributed by atoms with Crippen LogP contribution in [0, 0.1) is 6.92 Å². The number of hydrogen-bond acceptors (Lipinski definition) is 4. The third-order valence-corrected chi connectivity index (χ3v) is 6.42. The second-order valence-electron chi connectivity index (χ2n) is 7.55. The molecule has 2 aromatic rings. The molecule has 7 nitrogen and oxygen atoms in total. The van der Waals surface area contributed by atoms with Crippen LogP contribution in [0.1, 0.15) is 31.4 Å². The van der Waals surface area contributed by atoms with Crippen molar-refractivity contribution in [3.05, 3.63) is 64.7 Å². The lowest BCUT2D eigenvalue weighted by atomic mass is 10.1. The summed E-state index contributed by atoms with van der Waals surface area (Å²) in [5.41, 5.74) is 2.09. The molecule has 0 saturated heterocycles. The summed E-state index contributed by atoms with van der Waals surface area (Å²) in [5.74, 6) is -0.769. The lowest BCUT2D eigenvalue weighted by Crippen LogP contribution is -2.52. The predicted molar refractivity (Wildman–Crippen MR) is 128 cm³/mol. The number of sulfonamides is 1. The molecule has 1 N–H and O–H groups in total. The Morgan fingerprint density at radius 1 is 1.09 bits per heavy atom. The molecule has 0 radical (unpaired) electrons. The molecule has 1 unspecified atom stereocenters. The molecule has 0 saturated carbocycles. The van der Waals surface area contributed by atoms with Crippen molar-refractivity contribution in [2.24, 2.45) is 0 Å². The summed E-state index contributed by atoms with van der Waals surface area (Å²) in [6.45, 7) is 5.70. The quantitative estimate of drug-likeness (QED) is 0.566. The van der Waals surface area contributed by atoms with E-state index in [0.29, 0.717) is 13.0 Å². The fourth-order valence-electron chi connectivity index (χ4n) is 3.47. The van der Waals surface area contributed by atoms with Gasteiger partial charge in [-0.15, -0.1) is 0 Å². The Hall–Kier alpha value is -2.58. The van der Waals surface area contributed by atoms with E-state index >= 15 is 0 Å². The maximum atomic E-state index is 13.5. The molecular weight excluding hydrogens is 450 g/mol. The maximum Gasteiger partial charge on any atom is 0.244 e. The molecule has 174 valence electrons. The van der Waals surface area contributed by atoms with Gasteiger partial charge in [0.15, 0.2) is 0 Å². The van der Waals surface area contributed by atoms with Gasteiger partial charge in [-0.05, 0) is 38.0 Å². The number of likely N-dealkylation sites (N-methyl/N-ethyl adjacent to an activating group) is 1. The molecule has 0 aliphatic heterocycles. The smallest absolute Gasteiger partial charge is 0.244 e.